The van der Waals surface area contributed by atoms with E-state index in [4.69, 9.17) is 0 Å². The van der Waals surface area contributed by atoms with E-state index in [0.29, 0.717) is 24.5 Å². The van der Waals surface area contributed by atoms with Crippen LogP contribution >= 0.6 is 0 Å². The number of aryl methyl sites for hydroxylation is 2. The molecule has 0 saturated heterocycles. The van der Waals surface area contributed by atoms with E-state index in [-0.39, 0.29) is 0 Å². The number of rotatable bonds is 4. The third-order valence-corrected chi connectivity index (χ3v) is 6.12. The van der Waals surface area contributed by atoms with Gasteiger partial charge >= 0.3 is 0 Å². The molecule has 118 valence electrons. The van der Waals surface area contributed by atoms with Gasteiger partial charge in [-0.1, -0.05) is 19.9 Å². The lowest BCUT2D eigenvalue weighted by atomic mass is 10.0. The van der Waals surface area contributed by atoms with Crippen molar-refractivity contribution in [2.75, 3.05) is 6.54 Å². The van der Waals surface area contributed by atoms with Gasteiger partial charge in [-0.3, -0.25) is 4.68 Å². The van der Waals surface area contributed by atoms with Crippen molar-refractivity contribution in [3.8, 4) is 0 Å². The maximum atomic E-state index is 12.9. The highest BCUT2D eigenvalue weighted by atomic mass is 32.2. The van der Waals surface area contributed by atoms with E-state index in [1.165, 1.54) is 5.56 Å². The molecular weight excluding hydrogens is 298 g/mol. The van der Waals surface area contributed by atoms with E-state index in [9.17, 15) is 8.42 Å². The summed E-state index contributed by atoms with van der Waals surface area (Å²) in [6.45, 7) is 5.61. The van der Waals surface area contributed by atoms with Gasteiger partial charge < -0.3 is 0 Å². The Morgan fingerprint density at radius 1 is 1.09 bits per heavy atom. The molecule has 3 rings (SSSR count). The minimum absolute atomic E-state index is 0.388. The van der Waals surface area contributed by atoms with Crippen LogP contribution < -0.4 is 0 Å². The molecule has 1 aromatic carbocycles. The van der Waals surface area contributed by atoms with Gasteiger partial charge in [0.1, 0.15) is 0 Å². The van der Waals surface area contributed by atoms with Gasteiger partial charge in [0, 0.05) is 12.7 Å². The summed E-state index contributed by atoms with van der Waals surface area (Å²) >= 11 is 0. The summed E-state index contributed by atoms with van der Waals surface area (Å²) < 4.78 is 29.2. The van der Waals surface area contributed by atoms with Gasteiger partial charge in [-0.25, -0.2) is 8.42 Å². The van der Waals surface area contributed by atoms with Gasteiger partial charge in [-0.2, -0.15) is 9.40 Å². The zero-order chi connectivity index (χ0) is 15.7. The fourth-order valence-electron chi connectivity index (χ4n) is 2.95. The van der Waals surface area contributed by atoms with Crippen LogP contribution in [0.2, 0.25) is 0 Å². The SMILES string of the molecule is CCc1ccc(S(=O)(=O)N2CCn3nccc3C2)cc1CC. The van der Waals surface area contributed by atoms with Crippen LogP contribution in [0.5, 0.6) is 0 Å². The van der Waals surface area contributed by atoms with E-state index in [1.807, 2.05) is 22.9 Å². The zero-order valence-corrected chi connectivity index (χ0v) is 13.8. The van der Waals surface area contributed by atoms with E-state index in [1.54, 1.807) is 16.6 Å². The molecule has 0 aliphatic carbocycles. The molecule has 0 saturated carbocycles. The lowest BCUT2D eigenvalue weighted by Crippen LogP contribution is -2.38. The summed E-state index contributed by atoms with van der Waals surface area (Å²) in [5.74, 6) is 0. The quantitative estimate of drug-likeness (QED) is 0.868. The Balaban J connectivity index is 1.94. The van der Waals surface area contributed by atoms with Crippen molar-refractivity contribution in [1.29, 1.82) is 0 Å². The number of benzene rings is 1. The van der Waals surface area contributed by atoms with Crippen molar-refractivity contribution >= 4 is 10.0 Å². The van der Waals surface area contributed by atoms with Gasteiger partial charge in [0.25, 0.3) is 0 Å². The molecule has 0 radical (unpaired) electrons. The summed E-state index contributed by atoms with van der Waals surface area (Å²) in [7, 11) is -3.45. The van der Waals surface area contributed by atoms with E-state index in [2.05, 4.69) is 18.9 Å². The first-order valence-electron chi connectivity index (χ1n) is 7.69. The standard InChI is InChI=1S/C16H21N3O2S/c1-3-13-5-6-16(11-14(13)4-2)22(20,21)18-9-10-19-15(12-18)7-8-17-19/h5-8,11H,3-4,9-10,12H2,1-2H3. The van der Waals surface area contributed by atoms with Crippen LogP contribution in [0.25, 0.3) is 0 Å². The summed E-state index contributed by atoms with van der Waals surface area (Å²) in [5, 5.41) is 4.19. The minimum atomic E-state index is -3.45. The average molecular weight is 319 g/mol. The minimum Gasteiger partial charge on any atom is -0.267 e. The highest BCUT2D eigenvalue weighted by Gasteiger charge is 2.28. The molecule has 0 spiro atoms. The number of sulfonamides is 1. The largest absolute Gasteiger partial charge is 0.267 e. The van der Waals surface area contributed by atoms with Gasteiger partial charge in [-0.15, -0.1) is 0 Å². The molecule has 5 nitrogen and oxygen atoms in total. The molecule has 1 aromatic heterocycles. The second kappa shape index (κ2) is 5.85. The first-order chi connectivity index (χ1) is 10.6. The monoisotopic (exact) mass is 319 g/mol. The molecule has 2 heterocycles. The Hall–Kier alpha value is -1.66. The Morgan fingerprint density at radius 3 is 2.59 bits per heavy atom. The highest BCUT2D eigenvalue weighted by Crippen LogP contribution is 2.24. The lowest BCUT2D eigenvalue weighted by Gasteiger charge is -2.27. The molecule has 0 bridgehead atoms. The molecule has 0 fully saturated rings. The van der Waals surface area contributed by atoms with Crippen molar-refractivity contribution in [1.82, 2.24) is 14.1 Å². The van der Waals surface area contributed by atoms with Crippen molar-refractivity contribution in [2.45, 2.75) is 44.7 Å². The molecule has 1 aliphatic rings. The van der Waals surface area contributed by atoms with Gasteiger partial charge in [0.05, 0.1) is 23.7 Å². The Bertz CT molecular complexity index is 780. The predicted octanol–water partition coefficient (Wildman–Crippen LogP) is 2.21. The third kappa shape index (κ3) is 2.57. The van der Waals surface area contributed by atoms with E-state index in [0.717, 1.165) is 24.1 Å². The number of aromatic nitrogens is 2. The average Bonchev–Trinajstić information content (AvgIpc) is 3.01. The maximum Gasteiger partial charge on any atom is 0.243 e. The second-order valence-electron chi connectivity index (χ2n) is 5.52. The molecule has 1 aliphatic heterocycles. The van der Waals surface area contributed by atoms with Gasteiger partial charge in [-0.05, 0) is 42.2 Å². The van der Waals surface area contributed by atoms with Crippen molar-refractivity contribution in [3.63, 3.8) is 0 Å². The first-order valence-corrected chi connectivity index (χ1v) is 9.13. The molecule has 0 N–H and O–H groups in total. The number of hydrogen-bond acceptors (Lipinski definition) is 3. The van der Waals surface area contributed by atoms with Crippen LogP contribution in [0.1, 0.15) is 30.7 Å². The van der Waals surface area contributed by atoms with Gasteiger partial charge in [0.2, 0.25) is 10.0 Å². The smallest absolute Gasteiger partial charge is 0.243 e. The van der Waals surface area contributed by atoms with Crippen LogP contribution in [-0.2, 0) is 36.0 Å². The van der Waals surface area contributed by atoms with Crippen molar-refractivity contribution in [2.24, 2.45) is 0 Å². The highest BCUT2D eigenvalue weighted by molar-refractivity contribution is 7.89. The fraction of sp³-hybridized carbons (Fsp3) is 0.438. The number of nitrogens with zero attached hydrogens (tertiary/aromatic N) is 3. The predicted molar refractivity (Wildman–Crippen MR) is 85.0 cm³/mol. The molecule has 0 amide bonds. The molecule has 0 atom stereocenters. The van der Waals surface area contributed by atoms with Crippen LogP contribution in [0.15, 0.2) is 35.4 Å². The van der Waals surface area contributed by atoms with Crippen molar-refractivity contribution in [3.05, 3.63) is 47.3 Å². The molecular formula is C16H21N3O2S. The van der Waals surface area contributed by atoms with E-state index >= 15 is 0 Å². The van der Waals surface area contributed by atoms with Gasteiger partial charge in [0.15, 0.2) is 0 Å². The Morgan fingerprint density at radius 2 is 1.86 bits per heavy atom. The number of hydrogen-bond donors (Lipinski definition) is 0. The van der Waals surface area contributed by atoms with E-state index < -0.39 is 10.0 Å². The fourth-order valence-corrected chi connectivity index (χ4v) is 4.41. The third-order valence-electron chi connectivity index (χ3n) is 4.28. The Kier molecular flexibility index (Phi) is 4.06. The molecule has 22 heavy (non-hydrogen) atoms. The maximum absolute atomic E-state index is 12.9. The normalized spacial score (nSPS) is 15.7. The topological polar surface area (TPSA) is 55.2 Å². The first kappa shape index (κ1) is 15.2. The molecule has 2 aromatic rings. The van der Waals surface area contributed by atoms with Crippen LogP contribution in [0, 0.1) is 0 Å². The summed E-state index contributed by atoms with van der Waals surface area (Å²) in [4.78, 5) is 0.398. The summed E-state index contributed by atoms with van der Waals surface area (Å²) in [6, 6.07) is 7.39. The van der Waals surface area contributed by atoms with Crippen LogP contribution in [0.3, 0.4) is 0 Å². The molecule has 0 unspecified atom stereocenters. The lowest BCUT2D eigenvalue weighted by molar-refractivity contribution is 0.326. The second-order valence-corrected chi connectivity index (χ2v) is 7.46. The Labute approximate surface area is 131 Å². The summed E-state index contributed by atoms with van der Waals surface area (Å²) in [6.07, 6.45) is 3.49. The van der Waals surface area contributed by atoms with Crippen LogP contribution in [0.4, 0.5) is 0 Å². The van der Waals surface area contributed by atoms with Crippen molar-refractivity contribution < 1.29 is 8.42 Å². The van der Waals surface area contributed by atoms with Crippen LogP contribution in [-0.4, -0.2) is 29.0 Å². The zero-order valence-electron chi connectivity index (χ0n) is 13.0. The number of fused-ring (bicyclic) bond motifs is 1. The summed E-state index contributed by atoms with van der Waals surface area (Å²) in [5.41, 5.74) is 3.28. The molecule has 6 heteroatoms.